The lowest BCUT2D eigenvalue weighted by atomic mass is 10.1. The van der Waals surface area contributed by atoms with Crippen molar-refractivity contribution < 1.29 is 4.79 Å². The fourth-order valence-electron chi connectivity index (χ4n) is 2.73. The Bertz CT molecular complexity index is 635. The van der Waals surface area contributed by atoms with Gasteiger partial charge in [-0.3, -0.25) is 9.48 Å². The Kier molecular flexibility index (Phi) is 3.55. The van der Waals surface area contributed by atoms with E-state index in [0.29, 0.717) is 5.69 Å². The highest BCUT2D eigenvalue weighted by molar-refractivity contribution is 5.91. The van der Waals surface area contributed by atoms with Crippen molar-refractivity contribution in [2.75, 3.05) is 18.5 Å². The summed E-state index contributed by atoms with van der Waals surface area (Å²) in [5, 5.41) is 15.0. The van der Waals surface area contributed by atoms with Gasteiger partial charge in [0.15, 0.2) is 11.5 Å². The zero-order chi connectivity index (χ0) is 14.8. The maximum Gasteiger partial charge on any atom is 0.271 e. The number of hydrogen-bond donors (Lipinski definition) is 1. The van der Waals surface area contributed by atoms with Gasteiger partial charge in [0, 0.05) is 32.4 Å². The Labute approximate surface area is 123 Å². The number of anilines is 1. The van der Waals surface area contributed by atoms with E-state index in [1.54, 1.807) is 13.1 Å². The molecule has 1 saturated heterocycles. The van der Waals surface area contributed by atoms with Gasteiger partial charge in [-0.15, -0.1) is 10.2 Å². The van der Waals surface area contributed by atoms with Gasteiger partial charge in [0.25, 0.3) is 5.91 Å². The molecule has 21 heavy (non-hydrogen) atoms. The lowest BCUT2D eigenvalue weighted by Crippen LogP contribution is -2.25. The summed E-state index contributed by atoms with van der Waals surface area (Å²) in [6, 6.07) is 3.84. The number of amides is 1. The minimum Gasteiger partial charge on any atom is -0.354 e. The Morgan fingerprint density at radius 2 is 2.24 bits per heavy atom. The fraction of sp³-hybridized carbons (Fsp3) is 0.429. The van der Waals surface area contributed by atoms with Crippen molar-refractivity contribution >= 4 is 11.7 Å². The van der Waals surface area contributed by atoms with Crippen LogP contribution in [-0.4, -0.2) is 39.5 Å². The molecule has 1 aliphatic rings. The maximum atomic E-state index is 11.5. The first kappa shape index (κ1) is 13.5. The van der Waals surface area contributed by atoms with E-state index in [2.05, 4.69) is 25.5 Å². The molecule has 0 aromatic carbocycles. The lowest BCUT2D eigenvalue weighted by Gasteiger charge is -2.24. The number of hydrogen-bond acceptors (Lipinski definition) is 5. The van der Waals surface area contributed by atoms with Crippen LogP contribution in [0, 0.1) is 0 Å². The molecule has 2 aromatic rings. The van der Waals surface area contributed by atoms with E-state index in [1.807, 2.05) is 30.2 Å². The van der Waals surface area contributed by atoms with E-state index in [1.165, 1.54) is 5.56 Å². The number of aromatic nitrogens is 4. The number of nitrogens with zero attached hydrogens (tertiary/aromatic N) is 5. The summed E-state index contributed by atoms with van der Waals surface area (Å²) >= 11 is 0. The molecule has 3 heterocycles. The summed E-state index contributed by atoms with van der Waals surface area (Å²) in [6.45, 7) is 0.938. The minimum atomic E-state index is -0.223. The van der Waals surface area contributed by atoms with Crippen LogP contribution in [-0.2, 0) is 7.05 Å². The van der Waals surface area contributed by atoms with Crippen LogP contribution in [0.4, 0.5) is 5.82 Å². The fourth-order valence-corrected chi connectivity index (χ4v) is 2.73. The van der Waals surface area contributed by atoms with Crippen LogP contribution in [0.2, 0.25) is 0 Å². The van der Waals surface area contributed by atoms with Crippen LogP contribution in [0.25, 0.3) is 0 Å². The summed E-state index contributed by atoms with van der Waals surface area (Å²) in [5.41, 5.74) is 1.52. The largest absolute Gasteiger partial charge is 0.354 e. The minimum absolute atomic E-state index is 0.223. The molecule has 1 amide bonds. The zero-order valence-electron chi connectivity index (χ0n) is 12.2. The molecule has 2 aromatic heterocycles. The smallest absolute Gasteiger partial charge is 0.271 e. The third-order valence-corrected chi connectivity index (χ3v) is 3.77. The summed E-state index contributed by atoms with van der Waals surface area (Å²) in [7, 11) is 3.50. The molecule has 0 bridgehead atoms. The highest BCUT2D eigenvalue weighted by Crippen LogP contribution is 2.34. The van der Waals surface area contributed by atoms with Gasteiger partial charge in [-0.2, -0.15) is 5.10 Å². The molecule has 0 aliphatic carbocycles. The molecule has 1 fully saturated rings. The molecule has 1 aliphatic heterocycles. The van der Waals surface area contributed by atoms with Gasteiger partial charge >= 0.3 is 0 Å². The molecule has 110 valence electrons. The highest BCUT2D eigenvalue weighted by atomic mass is 16.1. The standard InChI is InChI=1S/C14H18N6O/c1-15-14(21)11-5-6-13(18-17-11)20-7-3-4-12(20)10-8-16-19(2)9-10/h5-6,8-9,12H,3-4,7H2,1-2H3,(H,15,21). The van der Waals surface area contributed by atoms with Crippen LogP contribution < -0.4 is 10.2 Å². The molecule has 0 spiro atoms. The van der Waals surface area contributed by atoms with Crippen LogP contribution in [0.3, 0.4) is 0 Å². The van der Waals surface area contributed by atoms with Crippen molar-refractivity contribution in [2.45, 2.75) is 18.9 Å². The summed E-state index contributed by atoms with van der Waals surface area (Å²) in [5.74, 6) is 0.577. The molecule has 1 N–H and O–H groups in total. The monoisotopic (exact) mass is 286 g/mol. The Balaban J connectivity index is 1.83. The van der Waals surface area contributed by atoms with Crippen LogP contribution >= 0.6 is 0 Å². The van der Waals surface area contributed by atoms with Gasteiger partial charge in [0.2, 0.25) is 0 Å². The van der Waals surface area contributed by atoms with Crippen LogP contribution in [0.1, 0.15) is 34.9 Å². The highest BCUT2D eigenvalue weighted by Gasteiger charge is 2.28. The van der Waals surface area contributed by atoms with E-state index < -0.39 is 0 Å². The lowest BCUT2D eigenvalue weighted by molar-refractivity contribution is 0.0957. The Morgan fingerprint density at radius 1 is 1.38 bits per heavy atom. The second kappa shape index (κ2) is 5.51. The number of aryl methyl sites for hydroxylation is 1. The van der Waals surface area contributed by atoms with Crippen molar-refractivity contribution in [1.29, 1.82) is 0 Å². The van der Waals surface area contributed by atoms with Crippen molar-refractivity contribution in [3.8, 4) is 0 Å². The van der Waals surface area contributed by atoms with Gasteiger partial charge in [0.1, 0.15) is 0 Å². The van der Waals surface area contributed by atoms with E-state index in [4.69, 9.17) is 0 Å². The molecule has 1 atom stereocenters. The van der Waals surface area contributed by atoms with Crippen molar-refractivity contribution in [3.63, 3.8) is 0 Å². The van der Waals surface area contributed by atoms with Crippen LogP contribution in [0.5, 0.6) is 0 Å². The zero-order valence-corrected chi connectivity index (χ0v) is 12.2. The first-order chi connectivity index (χ1) is 10.2. The Hall–Kier alpha value is -2.44. The molecular formula is C14H18N6O. The molecule has 3 rings (SSSR count). The normalized spacial score (nSPS) is 18.0. The molecule has 0 saturated carbocycles. The van der Waals surface area contributed by atoms with Gasteiger partial charge in [-0.05, 0) is 25.0 Å². The molecule has 7 heteroatoms. The average Bonchev–Trinajstić information content (AvgIpc) is 3.15. The second-order valence-corrected chi connectivity index (χ2v) is 5.15. The Morgan fingerprint density at radius 3 is 2.86 bits per heavy atom. The number of rotatable bonds is 3. The molecule has 1 unspecified atom stereocenters. The van der Waals surface area contributed by atoms with Gasteiger partial charge < -0.3 is 10.2 Å². The van der Waals surface area contributed by atoms with Gasteiger partial charge in [-0.25, -0.2) is 0 Å². The van der Waals surface area contributed by atoms with E-state index >= 15 is 0 Å². The maximum absolute atomic E-state index is 11.5. The quantitative estimate of drug-likeness (QED) is 0.907. The first-order valence-electron chi connectivity index (χ1n) is 7.00. The van der Waals surface area contributed by atoms with E-state index in [0.717, 1.165) is 25.2 Å². The summed E-state index contributed by atoms with van der Waals surface area (Å²) in [4.78, 5) is 13.7. The number of carbonyl (C=O) groups is 1. The number of carbonyl (C=O) groups excluding carboxylic acids is 1. The van der Waals surface area contributed by atoms with Crippen LogP contribution in [0.15, 0.2) is 24.5 Å². The average molecular weight is 286 g/mol. The van der Waals surface area contributed by atoms with Crippen molar-refractivity contribution in [2.24, 2.45) is 7.05 Å². The predicted octanol–water partition coefficient (Wildman–Crippen LogP) is 0.911. The van der Waals surface area contributed by atoms with E-state index in [-0.39, 0.29) is 11.9 Å². The summed E-state index contributed by atoms with van der Waals surface area (Å²) < 4.78 is 1.81. The topological polar surface area (TPSA) is 75.9 Å². The molecule has 0 radical (unpaired) electrons. The van der Waals surface area contributed by atoms with Gasteiger partial charge in [-0.1, -0.05) is 0 Å². The predicted molar refractivity (Wildman–Crippen MR) is 78.0 cm³/mol. The number of nitrogens with one attached hydrogen (secondary N) is 1. The molecule has 7 nitrogen and oxygen atoms in total. The molecular weight excluding hydrogens is 268 g/mol. The third kappa shape index (κ3) is 2.58. The SMILES string of the molecule is CNC(=O)c1ccc(N2CCCC2c2cnn(C)c2)nn1. The first-order valence-corrected chi connectivity index (χ1v) is 7.00. The van der Waals surface area contributed by atoms with Gasteiger partial charge in [0.05, 0.1) is 12.2 Å². The second-order valence-electron chi connectivity index (χ2n) is 5.15. The van der Waals surface area contributed by atoms with Crippen molar-refractivity contribution in [1.82, 2.24) is 25.3 Å². The van der Waals surface area contributed by atoms with Crippen molar-refractivity contribution in [3.05, 3.63) is 35.8 Å². The van der Waals surface area contributed by atoms with E-state index in [9.17, 15) is 4.79 Å². The third-order valence-electron chi connectivity index (χ3n) is 3.77. The summed E-state index contributed by atoms with van der Waals surface area (Å²) in [6.07, 6.45) is 6.12.